The van der Waals surface area contributed by atoms with Crippen LogP contribution in [0.5, 0.6) is 0 Å². The first-order valence-corrected chi connectivity index (χ1v) is 32.3. The molecule has 0 bridgehead atoms. The van der Waals surface area contributed by atoms with E-state index in [0.29, 0.717) is 0 Å². The van der Waals surface area contributed by atoms with Gasteiger partial charge in [0.15, 0.2) is 0 Å². The summed E-state index contributed by atoms with van der Waals surface area (Å²) in [7, 11) is 0. The summed E-state index contributed by atoms with van der Waals surface area (Å²) in [6.45, 7) is 9.57. The topological polar surface area (TPSA) is 9.86 Å². The van der Waals surface area contributed by atoms with E-state index >= 15 is 0 Å². The third-order valence-electron chi connectivity index (χ3n) is 20.5. The van der Waals surface area contributed by atoms with E-state index in [1.165, 1.54) is 177 Å². The quantitative estimate of drug-likeness (QED) is 0.128. The molecule has 18 rings (SSSR count). The molecular weight excluding hydrogens is 1110 g/mol. The molecule has 0 unspecified atom stereocenters. The molecular formula is C90H64N2. The Morgan fingerprint density at radius 3 is 1.17 bits per heavy atom. The summed E-state index contributed by atoms with van der Waals surface area (Å²) in [6.07, 6.45) is 9.04. The molecule has 2 nitrogen and oxygen atoms in total. The van der Waals surface area contributed by atoms with Crippen LogP contribution in [-0.2, 0) is 10.8 Å². The molecule has 0 atom stereocenters. The first-order valence-electron chi connectivity index (χ1n) is 32.3. The number of nitrogens with zero attached hydrogens (tertiary/aromatic N) is 2. The third-order valence-corrected chi connectivity index (χ3v) is 20.5. The monoisotopic (exact) mass is 1170 g/mol. The van der Waals surface area contributed by atoms with Gasteiger partial charge in [-0.15, -0.1) is 0 Å². The maximum Gasteiger partial charge on any atom is 0.0541 e. The van der Waals surface area contributed by atoms with Gasteiger partial charge < -0.3 is 9.13 Å². The SMILES string of the molecule is CC1(C)c2cc(/C=C/c3ccc(-c4ccc5c(c4)c4ccccc4n5-c4ccc5ccccc5c4)cc3)ccc2-c2ccc(-c3ccc4c(c3)C(C)(C)c3cc(/C=C/c5ccc(-c6ccc7c(c6)c6ccccc6n7-c6cccc7ccccc67)cc5)ccc3-4)cc21. The molecule has 0 saturated heterocycles. The minimum absolute atomic E-state index is 0.161. The van der Waals surface area contributed by atoms with E-state index in [9.17, 15) is 0 Å². The van der Waals surface area contributed by atoms with Crippen LogP contribution < -0.4 is 0 Å². The van der Waals surface area contributed by atoms with E-state index in [4.69, 9.17) is 0 Å². The number of hydrogen-bond donors (Lipinski definition) is 0. The molecule has 434 valence electrons. The van der Waals surface area contributed by atoms with Crippen LogP contribution in [0.15, 0.2) is 291 Å². The molecule has 0 saturated carbocycles. The van der Waals surface area contributed by atoms with Crippen molar-refractivity contribution in [3.8, 4) is 67.0 Å². The highest BCUT2D eigenvalue weighted by molar-refractivity contribution is 6.13. The molecule has 0 N–H and O–H groups in total. The minimum atomic E-state index is -0.162. The first-order chi connectivity index (χ1) is 45.1. The first kappa shape index (κ1) is 53.7. The molecule has 0 fully saturated rings. The Hall–Kier alpha value is -11.3. The van der Waals surface area contributed by atoms with Crippen molar-refractivity contribution < 1.29 is 0 Å². The van der Waals surface area contributed by atoms with Crippen molar-refractivity contribution in [1.29, 1.82) is 0 Å². The molecule has 92 heavy (non-hydrogen) atoms. The van der Waals surface area contributed by atoms with Crippen molar-refractivity contribution in [2.75, 3.05) is 0 Å². The van der Waals surface area contributed by atoms with Crippen LogP contribution in [0.2, 0.25) is 0 Å². The summed E-state index contributed by atoms with van der Waals surface area (Å²) in [5.74, 6) is 0. The normalized spacial score (nSPS) is 13.7. The highest BCUT2D eigenvalue weighted by Crippen LogP contribution is 2.53. The average Bonchev–Trinajstić information content (AvgIpc) is 1.60. The lowest BCUT2D eigenvalue weighted by atomic mass is 9.80. The molecule has 2 aliphatic rings. The zero-order valence-electron chi connectivity index (χ0n) is 51.9. The molecule has 2 heterocycles. The molecule has 0 aliphatic heterocycles. The van der Waals surface area contributed by atoms with Crippen molar-refractivity contribution in [3.63, 3.8) is 0 Å². The maximum absolute atomic E-state index is 2.46. The Kier molecular flexibility index (Phi) is 12.0. The fraction of sp³-hybridized carbons (Fsp3) is 0.0667. The van der Waals surface area contributed by atoms with Crippen LogP contribution in [0.3, 0.4) is 0 Å². The lowest BCUT2D eigenvalue weighted by Gasteiger charge is -2.23. The van der Waals surface area contributed by atoms with Gasteiger partial charge in [0, 0.05) is 43.4 Å². The Morgan fingerprint density at radius 1 is 0.239 bits per heavy atom. The fourth-order valence-corrected chi connectivity index (χ4v) is 15.6. The second kappa shape index (κ2) is 20.6. The number of para-hydroxylation sites is 2. The number of benzene rings is 14. The van der Waals surface area contributed by atoms with Gasteiger partial charge in [0.2, 0.25) is 0 Å². The van der Waals surface area contributed by atoms with Gasteiger partial charge in [0.05, 0.1) is 27.8 Å². The van der Waals surface area contributed by atoms with Crippen LogP contribution in [-0.4, -0.2) is 9.13 Å². The molecule has 14 aromatic carbocycles. The Morgan fingerprint density at radius 2 is 0.620 bits per heavy atom. The summed E-state index contributed by atoms with van der Waals surface area (Å²) in [6, 6.07) is 108. The third kappa shape index (κ3) is 8.55. The van der Waals surface area contributed by atoms with E-state index in [0.717, 1.165) is 0 Å². The highest BCUT2D eigenvalue weighted by Gasteiger charge is 2.38. The maximum atomic E-state index is 2.46. The lowest BCUT2D eigenvalue weighted by Crippen LogP contribution is -2.15. The molecule has 2 heteroatoms. The smallest absolute Gasteiger partial charge is 0.0541 e. The van der Waals surface area contributed by atoms with E-state index in [1.54, 1.807) is 0 Å². The molecule has 0 spiro atoms. The van der Waals surface area contributed by atoms with Gasteiger partial charge in [0.1, 0.15) is 0 Å². The summed E-state index contributed by atoms with van der Waals surface area (Å²) in [5.41, 5.74) is 29.9. The summed E-state index contributed by atoms with van der Waals surface area (Å²) < 4.78 is 4.84. The summed E-state index contributed by atoms with van der Waals surface area (Å²) in [4.78, 5) is 0. The molecule has 0 amide bonds. The predicted molar refractivity (Wildman–Crippen MR) is 392 cm³/mol. The van der Waals surface area contributed by atoms with Crippen molar-refractivity contribution in [2.45, 2.75) is 38.5 Å². The number of rotatable bonds is 9. The van der Waals surface area contributed by atoms with E-state index < -0.39 is 0 Å². The van der Waals surface area contributed by atoms with Crippen molar-refractivity contribution in [1.82, 2.24) is 9.13 Å². The van der Waals surface area contributed by atoms with Crippen LogP contribution in [0.25, 0.3) is 156 Å². The zero-order valence-corrected chi connectivity index (χ0v) is 51.9. The average molecular weight is 1170 g/mol. The number of aromatic nitrogens is 2. The Labute approximate surface area is 536 Å². The summed E-state index contributed by atoms with van der Waals surface area (Å²) in [5, 5.41) is 10.0. The standard InChI is InChI=1S/C90H64N2/c1-89(2)80-50-59(26-24-57-28-34-62(35-29-57)66-41-48-87-78(53-66)76-19-9-11-21-85(76)91(87)70-43-38-61-14-5-6-16-65(61)52-70)32-44-72(80)74-46-39-68(55-82(74)89)69-40-47-75-73-45-33-60(51-81(73)90(3,4)83(75)56-69)27-25-58-30-36-63(37-31-58)67-42-49-88-79(54-67)77-20-10-12-22-86(77)92(88)84-23-13-17-64-15-7-8-18-71(64)84/h5-56H,1-4H3/b26-24+,27-25+. The number of fused-ring (bicyclic) bond motifs is 14. The van der Waals surface area contributed by atoms with Crippen LogP contribution in [0.4, 0.5) is 0 Å². The highest BCUT2D eigenvalue weighted by atomic mass is 15.0. The molecule has 0 radical (unpaired) electrons. The van der Waals surface area contributed by atoms with Crippen molar-refractivity contribution >= 4 is 89.5 Å². The zero-order chi connectivity index (χ0) is 61.4. The Bertz CT molecular complexity index is 5790. The van der Waals surface area contributed by atoms with Crippen LogP contribution >= 0.6 is 0 Å². The largest absolute Gasteiger partial charge is 0.309 e. The van der Waals surface area contributed by atoms with Gasteiger partial charge in [-0.25, -0.2) is 0 Å². The second-order valence-corrected chi connectivity index (χ2v) is 26.5. The van der Waals surface area contributed by atoms with E-state index in [-0.39, 0.29) is 10.8 Å². The van der Waals surface area contributed by atoms with Gasteiger partial charge in [-0.1, -0.05) is 276 Å². The fourth-order valence-electron chi connectivity index (χ4n) is 15.6. The molecule has 2 aromatic heterocycles. The van der Waals surface area contributed by atoms with Gasteiger partial charge in [0.25, 0.3) is 0 Å². The molecule has 16 aromatic rings. The van der Waals surface area contributed by atoms with Crippen LogP contribution in [0.1, 0.15) is 72.2 Å². The van der Waals surface area contributed by atoms with Gasteiger partial charge in [-0.3, -0.25) is 0 Å². The van der Waals surface area contributed by atoms with Gasteiger partial charge in [-0.2, -0.15) is 0 Å². The summed E-state index contributed by atoms with van der Waals surface area (Å²) >= 11 is 0. The van der Waals surface area contributed by atoms with E-state index in [2.05, 4.69) is 352 Å². The predicted octanol–water partition coefficient (Wildman–Crippen LogP) is 24.1. The van der Waals surface area contributed by atoms with Crippen LogP contribution in [0, 0.1) is 0 Å². The minimum Gasteiger partial charge on any atom is -0.309 e. The number of hydrogen-bond acceptors (Lipinski definition) is 0. The van der Waals surface area contributed by atoms with Crippen molar-refractivity contribution in [2.24, 2.45) is 0 Å². The Balaban J connectivity index is 0.562. The van der Waals surface area contributed by atoms with Crippen molar-refractivity contribution in [3.05, 3.63) is 336 Å². The molecule has 2 aliphatic carbocycles. The second-order valence-electron chi connectivity index (χ2n) is 26.5. The lowest BCUT2D eigenvalue weighted by molar-refractivity contribution is 0.659. The van der Waals surface area contributed by atoms with E-state index in [1.807, 2.05) is 0 Å². The van der Waals surface area contributed by atoms with Gasteiger partial charge >= 0.3 is 0 Å². The van der Waals surface area contributed by atoms with Gasteiger partial charge in [-0.05, 0) is 183 Å².